The van der Waals surface area contributed by atoms with Gasteiger partial charge >= 0.3 is 6.18 Å². The molecular weight excluding hydrogens is 265 g/mol. The number of nitrogens with one attached hydrogen (secondary N) is 1. The Balaban J connectivity index is 2.50. The number of hydrogen-bond acceptors (Lipinski definition) is 2. The molecule has 0 aliphatic carbocycles. The Morgan fingerprint density at radius 3 is 2.15 bits per heavy atom. The molecule has 1 rings (SSSR count). The average molecular weight is 288 g/mol. The summed E-state index contributed by atoms with van der Waals surface area (Å²) < 4.78 is 37.1. The van der Waals surface area contributed by atoms with Crippen molar-refractivity contribution >= 4 is 0 Å². The van der Waals surface area contributed by atoms with E-state index in [0.29, 0.717) is 13.1 Å². The SMILES string of the molecule is CCCNCc1ccc(CN(CC)CC(F)(F)F)cc1. The number of benzene rings is 1. The Labute approximate surface area is 119 Å². The first kappa shape index (κ1) is 17.0. The van der Waals surface area contributed by atoms with Gasteiger partial charge in [-0.3, -0.25) is 4.90 Å². The van der Waals surface area contributed by atoms with Gasteiger partial charge < -0.3 is 5.32 Å². The van der Waals surface area contributed by atoms with Crippen LogP contribution in [-0.2, 0) is 13.1 Å². The average Bonchev–Trinajstić information content (AvgIpc) is 2.38. The summed E-state index contributed by atoms with van der Waals surface area (Å²) in [6.07, 6.45) is -3.05. The van der Waals surface area contributed by atoms with Crippen LogP contribution in [0.25, 0.3) is 0 Å². The minimum Gasteiger partial charge on any atom is -0.313 e. The molecule has 0 fully saturated rings. The normalized spacial score (nSPS) is 12.1. The molecule has 0 aliphatic rings. The smallest absolute Gasteiger partial charge is 0.313 e. The van der Waals surface area contributed by atoms with Crippen LogP contribution in [0.2, 0.25) is 0 Å². The molecule has 114 valence electrons. The fourth-order valence-electron chi connectivity index (χ4n) is 1.96. The Morgan fingerprint density at radius 2 is 1.65 bits per heavy atom. The topological polar surface area (TPSA) is 15.3 Å². The number of hydrogen-bond donors (Lipinski definition) is 1. The van der Waals surface area contributed by atoms with Crippen molar-refractivity contribution in [2.24, 2.45) is 0 Å². The van der Waals surface area contributed by atoms with Crippen LogP contribution in [0.3, 0.4) is 0 Å². The maximum absolute atomic E-state index is 12.4. The van der Waals surface area contributed by atoms with Gasteiger partial charge in [-0.1, -0.05) is 38.1 Å². The summed E-state index contributed by atoms with van der Waals surface area (Å²) in [7, 11) is 0. The first-order chi connectivity index (χ1) is 9.44. The van der Waals surface area contributed by atoms with Crippen molar-refractivity contribution in [2.45, 2.75) is 39.5 Å². The van der Waals surface area contributed by atoms with Crippen LogP contribution >= 0.6 is 0 Å². The van der Waals surface area contributed by atoms with Crippen LogP contribution in [-0.4, -0.2) is 30.7 Å². The number of nitrogens with zero attached hydrogens (tertiary/aromatic N) is 1. The Hall–Kier alpha value is -1.07. The lowest BCUT2D eigenvalue weighted by molar-refractivity contribution is -0.146. The fourth-order valence-corrected chi connectivity index (χ4v) is 1.96. The van der Waals surface area contributed by atoms with E-state index in [9.17, 15) is 13.2 Å². The van der Waals surface area contributed by atoms with Crippen LogP contribution in [0, 0.1) is 0 Å². The fraction of sp³-hybridized carbons (Fsp3) is 0.600. The van der Waals surface area contributed by atoms with E-state index < -0.39 is 12.7 Å². The molecule has 1 N–H and O–H groups in total. The van der Waals surface area contributed by atoms with E-state index >= 15 is 0 Å². The predicted octanol–water partition coefficient (Wildman–Crippen LogP) is 3.57. The van der Waals surface area contributed by atoms with Crippen molar-refractivity contribution in [2.75, 3.05) is 19.6 Å². The highest BCUT2D eigenvalue weighted by molar-refractivity contribution is 5.22. The molecule has 0 aromatic heterocycles. The Morgan fingerprint density at radius 1 is 1.05 bits per heavy atom. The highest BCUT2D eigenvalue weighted by Gasteiger charge is 2.29. The Bertz CT molecular complexity index is 374. The highest BCUT2D eigenvalue weighted by Crippen LogP contribution is 2.18. The third-order valence-corrected chi connectivity index (χ3v) is 3.04. The standard InChI is InChI=1S/C15H23F3N2/c1-3-9-19-10-13-5-7-14(8-6-13)11-20(4-2)12-15(16,17)18/h5-8,19H,3-4,9-12H2,1-2H3. The zero-order valence-electron chi connectivity index (χ0n) is 12.1. The summed E-state index contributed by atoms with van der Waals surface area (Å²) in [5.41, 5.74) is 2.07. The van der Waals surface area contributed by atoms with Crippen molar-refractivity contribution in [3.05, 3.63) is 35.4 Å². The second-order valence-corrected chi connectivity index (χ2v) is 4.91. The third-order valence-electron chi connectivity index (χ3n) is 3.04. The van der Waals surface area contributed by atoms with E-state index in [4.69, 9.17) is 0 Å². The molecule has 20 heavy (non-hydrogen) atoms. The molecule has 1 aromatic carbocycles. The summed E-state index contributed by atoms with van der Waals surface area (Å²) >= 11 is 0. The largest absolute Gasteiger partial charge is 0.401 e. The van der Waals surface area contributed by atoms with E-state index in [2.05, 4.69) is 12.2 Å². The Kier molecular flexibility index (Phi) is 7.02. The second kappa shape index (κ2) is 8.27. The van der Waals surface area contributed by atoms with E-state index in [0.717, 1.165) is 30.6 Å². The molecule has 2 nitrogen and oxygen atoms in total. The molecule has 0 spiro atoms. The minimum atomic E-state index is -4.14. The van der Waals surface area contributed by atoms with Crippen molar-refractivity contribution in [1.29, 1.82) is 0 Å². The molecule has 0 amide bonds. The molecule has 0 atom stereocenters. The van der Waals surface area contributed by atoms with Gasteiger partial charge in [0.05, 0.1) is 6.54 Å². The third kappa shape index (κ3) is 6.91. The van der Waals surface area contributed by atoms with Crippen molar-refractivity contribution in [1.82, 2.24) is 10.2 Å². The van der Waals surface area contributed by atoms with Gasteiger partial charge in [0.1, 0.15) is 0 Å². The lowest BCUT2D eigenvalue weighted by Crippen LogP contribution is -2.33. The summed E-state index contributed by atoms with van der Waals surface area (Å²) in [6, 6.07) is 7.75. The highest BCUT2D eigenvalue weighted by atomic mass is 19.4. The summed E-state index contributed by atoms with van der Waals surface area (Å²) in [4.78, 5) is 1.39. The molecule has 0 saturated carbocycles. The summed E-state index contributed by atoms with van der Waals surface area (Å²) in [6.45, 7) is 5.48. The molecule has 1 aromatic rings. The van der Waals surface area contributed by atoms with Crippen LogP contribution in [0.1, 0.15) is 31.4 Å². The molecule has 0 aliphatic heterocycles. The summed E-state index contributed by atoms with van der Waals surface area (Å²) in [5, 5.41) is 3.29. The zero-order chi connectivity index (χ0) is 15.0. The van der Waals surface area contributed by atoms with E-state index in [1.165, 1.54) is 4.90 Å². The maximum atomic E-state index is 12.4. The predicted molar refractivity (Wildman–Crippen MR) is 75.4 cm³/mol. The van der Waals surface area contributed by atoms with Crippen LogP contribution in [0.4, 0.5) is 13.2 Å². The lowest BCUT2D eigenvalue weighted by Gasteiger charge is -2.22. The number of alkyl halides is 3. The molecular formula is C15H23F3N2. The van der Waals surface area contributed by atoms with E-state index in [1.54, 1.807) is 6.92 Å². The molecule has 0 radical (unpaired) electrons. The van der Waals surface area contributed by atoms with Gasteiger partial charge in [0.15, 0.2) is 0 Å². The van der Waals surface area contributed by atoms with Gasteiger partial charge in [0.2, 0.25) is 0 Å². The van der Waals surface area contributed by atoms with Crippen molar-refractivity contribution in [3.63, 3.8) is 0 Å². The van der Waals surface area contributed by atoms with Gasteiger partial charge in [-0.2, -0.15) is 13.2 Å². The van der Waals surface area contributed by atoms with Crippen molar-refractivity contribution < 1.29 is 13.2 Å². The van der Waals surface area contributed by atoms with Gasteiger partial charge in [0, 0.05) is 13.1 Å². The van der Waals surface area contributed by atoms with Gasteiger partial charge in [-0.05, 0) is 30.6 Å². The van der Waals surface area contributed by atoms with Crippen molar-refractivity contribution in [3.8, 4) is 0 Å². The zero-order valence-corrected chi connectivity index (χ0v) is 12.1. The monoisotopic (exact) mass is 288 g/mol. The molecule has 0 heterocycles. The molecule has 0 unspecified atom stereocenters. The van der Waals surface area contributed by atoms with E-state index in [-0.39, 0.29) is 0 Å². The molecule has 0 saturated heterocycles. The van der Waals surface area contributed by atoms with Crippen LogP contribution in [0.15, 0.2) is 24.3 Å². The van der Waals surface area contributed by atoms with Gasteiger partial charge in [-0.25, -0.2) is 0 Å². The summed E-state index contributed by atoms with van der Waals surface area (Å²) in [5.74, 6) is 0. The van der Waals surface area contributed by atoms with E-state index in [1.807, 2.05) is 24.3 Å². The number of rotatable bonds is 8. The number of halogens is 3. The van der Waals surface area contributed by atoms with Gasteiger partial charge in [-0.15, -0.1) is 0 Å². The second-order valence-electron chi connectivity index (χ2n) is 4.91. The minimum absolute atomic E-state index is 0.332. The first-order valence-corrected chi connectivity index (χ1v) is 7.02. The maximum Gasteiger partial charge on any atom is 0.401 e. The van der Waals surface area contributed by atoms with Crippen LogP contribution < -0.4 is 5.32 Å². The first-order valence-electron chi connectivity index (χ1n) is 7.02. The molecule has 0 bridgehead atoms. The van der Waals surface area contributed by atoms with Gasteiger partial charge in [0.25, 0.3) is 0 Å². The van der Waals surface area contributed by atoms with Crippen LogP contribution in [0.5, 0.6) is 0 Å². The quantitative estimate of drug-likeness (QED) is 0.736. The molecule has 5 heteroatoms. The lowest BCUT2D eigenvalue weighted by atomic mass is 10.1.